The minimum atomic E-state index is -0.657. The smallest absolute Gasteiger partial charge is 0.326 e. The van der Waals surface area contributed by atoms with Crippen molar-refractivity contribution in [2.45, 2.75) is 62.0 Å². The summed E-state index contributed by atoms with van der Waals surface area (Å²) in [6, 6.07) is 0.438. The minimum absolute atomic E-state index is 0.180. The summed E-state index contributed by atoms with van der Waals surface area (Å²) in [5.41, 5.74) is -0.657. The monoisotopic (exact) mass is 313 g/mol. The average Bonchev–Trinajstić information content (AvgIpc) is 3.12. The molecule has 1 aromatic rings. The van der Waals surface area contributed by atoms with Gasteiger partial charge in [-0.05, 0) is 43.5 Å². The first-order valence-electron chi connectivity index (χ1n) is 7.28. The molecule has 7 nitrogen and oxygen atoms in total. The molecule has 0 radical (unpaired) electrons. The van der Waals surface area contributed by atoms with Gasteiger partial charge >= 0.3 is 5.97 Å². The molecule has 8 heteroatoms. The van der Waals surface area contributed by atoms with Crippen LogP contribution in [-0.4, -0.2) is 49.6 Å². The molecule has 0 saturated heterocycles. The molecule has 0 aromatic carbocycles. The lowest BCUT2D eigenvalue weighted by Crippen LogP contribution is -2.52. The van der Waals surface area contributed by atoms with Crippen molar-refractivity contribution in [2.24, 2.45) is 7.05 Å². The third-order valence-corrected chi connectivity index (χ3v) is 4.54. The lowest BCUT2D eigenvalue weighted by atomic mass is 9.95. The van der Waals surface area contributed by atoms with E-state index in [2.05, 4.69) is 27.8 Å². The molecule has 1 heterocycles. The molecule has 0 spiro atoms. The molecule has 1 N–H and O–H groups in total. The van der Waals surface area contributed by atoms with Gasteiger partial charge in [-0.25, -0.2) is 4.68 Å². The second kappa shape index (κ2) is 6.74. The number of carbonyl (C=O) groups excluding carboxylic acids is 1. The molecule has 1 aromatic heterocycles. The van der Waals surface area contributed by atoms with Crippen molar-refractivity contribution in [1.82, 2.24) is 25.5 Å². The van der Waals surface area contributed by atoms with Gasteiger partial charge in [-0.15, -0.1) is 5.10 Å². The quantitative estimate of drug-likeness (QED) is 0.569. The van der Waals surface area contributed by atoms with Crippen LogP contribution in [0.4, 0.5) is 0 Å². The van der Waals surface area contributed by atoms with E-state index in [0.29, 0.717) is 19.1 Å². The summed E-state index contributed by atoms with van der Waals surface area (Å²) in [6.45, 7) is 6.23. The highest BCUT2D eigenvalue weighted by atomic mass is 32.2. The molecule has 2 rings (SSSR count). The van der Waals surface area contributed by atoms with Crippen LogP contribution in [0.15, 0.2) is 5.16 Å². The Balaban J connectivity index is 1.99. The topological polar surface area (TPSA) is 81.9 Å². The van der Waals surface area contributed by atoms with Gasteiger partial charge in [0, 0.05) is 18.3 Å². The number of aryl methyl sites for hydroxylation is 1. The molecule has 2 atom stereocenters. The summed E-state index contributed by atoms with van der Waals surface area (Å²) >= 11 is 1.57. The maximum atomic E-state index is 12.3. The number of aromatic nitrogens is 4. The highest BCUT2D eigenvalue weighted by Crippen LogP contribution is 2.30. The van der Waals surface area contributed by atoms with E-state index in [0.717, 1.165) is 18.0 Å². The van der Waals surface area contributed by atoms with Crippen LogP contribution in [-0.2, 0) is 16.6 Å². The summed E-state index contributed by atoms with van der Waals surface area (Å²) < 4.78 is 6.88. The number of ether oxygens (including phenoxy) is 1. The van der Waals surface area contributed by atoms with Gasteiger partial charge in [-0.1, -0.05) is 18.7 Å². The van der Waals surface area contributed by atoms with Crippen LogP contribution in [0.5, 0.6) is 0 Å². The molecule has 2 unspecified atom stereocenters. The van der Waals surface area contributed by atoms with Crippen LogP contribution in [0.2, 0.25) is 0 Å². The Labute approximate surface area is 129 Å². The Bertz CT molecular complexity index is 491. The fourth-order valence-electron chi connectivity index (χ4n) is 2.29. The maximum Gasteiger partial charge on any atom is 0.326 e. The van der Waals surface area contributed by atoms with E-state index in [-0.39, 0.29) is 11.2 Å². The zero-order chi connectivity index (χ0) is 15.5. The normalized spacial score (nSPS) is 19.0. The first-order chi connectivity index (χ1) is 9.94. The zero-order valence-electron chi connectivity index (χ0n) is 13.0. The SMILES string of the molecule is CCOC(=O)C(C)(CC(C)Sc1nnnn1C)NC1CC1. The molecular formula is C13H23N5O2S. The molecule has 21 heavy (non-hydrogen) atoms. The number of hydrogen-bond donors (Lipinski definition) is 1. The van der Waals surface area contributed by atoms with Gasteiger partial charge in [0.25, 0.3) is 0 Å². The third kappa shape index (κ3) is 4.41. The van der Waals surface area contributed by atoms with Gasteiger partial charge in [0.1, 0.15) is 5.54 Å². The van der Waals surface area contributed by atoms with E-state index in [9.17, 15) is 4.79 Å². The average molecular weight is 313 g/mol. The van der Waals surface area contributed by atoms with E-state index in [1.54, 1.807) is 16.4 Å². The molecule has 0 amide bonds. The number of carbonyl (C=O) groups is 1. The van der Waals surface area contributed by atoms with Crippen molar-refractivity contribution >= 4 is 17.7 Å². The van der Waals surface area contributed by atoms with Crippen LogP contribution in [0, 0.1) is 0 Å². The van der Waals surface area contributed by atoms with Crippen LogP contribution >= 0.6 is 11.8 Å². The van der Waals surface area contributed by atoms with Gasteiger partial charge in [-0.3, -0.25) is 10.1 Å². The van der Waals surface area contributed by atoms with E-state index in [1.165, 1.54) is 0 Å². The Hall–Kier alpha value is -1.15. The van der Waals surface area contributed by atoms with E-state index < -0.39 is 5.54 Å². The highest BCUT2D eigenvalue weighted by Gasteiger charge is 2.40. The summed E-state index contributed by atoms with van der Waals surface area (Å²) in [7, 11) is 1.81. The number of hydrogen-bond acceptors (Lipinski definition) is 7. The van der Waals surface area contributed by atoms with E-state index in [4.69, 9.17) is 4.74 Å². The lowest BCUT2D eigenvalue weighted by Gasteiger charge is -2.30. The summed E-state index contributed by atoms with van der Waals surface area (Å²) in [5.74, 6) is -0.180. The molecule has 118 valence electrons. The number of tetrazole rings is 1. The fraction of sp³-hybridized carbons (Fsp3) is 0.846. The van der Waals surface area contributed by atoms with Crippen molar-refractivity contribution in [2.75, 3.05) is 6.61 Å². The van der Waals surface area contributed by atoms with Crippen LogP contribution in [0.1, 0.15) is 40.0 Å². The van der Waals surface area contributed by atoms with Crippen LogP contribution in [0.3, 0.4) is 0 Å². The number of esters is 1. The maximum absolute atomic E-state index is 12.3. The number of nitrogens with zero attached hydrogens (tertiary/aromatic N) is 4. The number of rotatable bonds is 8. The first kappa shape index (κ1) is 16.2. The summed E-state index contributed by atoms with van der Waals surface area (Å²) in [5, 5.41) is 15.8. The van der Waals surface area contributed by atoms with E-state index >= 15 is 0 Å². The fourth-order valence-corrected chi connectivity index (χ4v) is 3.34. The van der Waals surface area contributed by atoms with Crippen molar-refractivity contribution in [3.63, 3.8) is 0 Å². The zero-order valence-corrected chi connectivity index (χ0v) is 13.8. The molecule has 1 aliphatic rings. The molecular weight excluding hydrogens is 290 g/mol. The van der Waals surface area contributed by atoms with Crippen LogP contribution < -0.4 is 5.32 Å². The van der Waals surface area contributed by atoms with Gasteiger partial charge in [0.2, 0.25) is 5.16 Å². The second-order valence-corrected chi connectivity index (χ2v) is 7.09. The first-order valence-corrected chi connectivity index (χ1v) is 8.16. The summed E-state index contributed by atoms with van der Waals surface area (Å²) in [4.78, 5) is 12.3. The van der Waals surface area contributed by atoms with Gasteiger partial charge in [-0.2, -0.15) is 0 Å². The third-order valence-electron chi connectivity index (χ3n) is 3.41. The second-order valence-electron chi connectivity index (χ2n) is 5.69. The van der Waals surface area contributed by atoms with Crippen LogP contribution in [0.25, 0.3) is 0 Å². The molecule has 1 aliphatic carbocycles. The van der Waals surface area contributed by atoms with E-state index in [1.807, 2.05) is 20.9 Å². The minimum Gasteiger partial charge on any atom is -0.465 e. The van der Waals surface area contributed by atoms with Crippen molar-refractivity contribution in [3.8, 4) is 0 Å². The lowest BCUT2D eigenvalue weighted by molar-refractivity contribution is -0.150. The molecule has 1 saturated carbocycles. The predicted molar refractivity (Wildman–Crippen MR) is 79.9 cm³/mol. The molecule has 1 fully saturated rings. The Morgan fingerprint density at radius 2 is 2.33 bits per heavy atom. The highest BCUT2D eigenvalue weighted by molar-refractivity contribution is 7.99. The number of nitrogens with one attached hydrogen (secondary N) is 1. The molecule has 0 bridgehead atoms. The molecule has 0 aliphatic heterocycles. The van der Waals surface area contributed by atoms with Crippen molar-refractivity contribution in [3.05, 3.63) is 0 Å². The Morgan fingerprint density at radius 3 is 2.86 bits per heavy atom. The van der Waals surface area contributed by atoms with Crippen molar-refractivity contribution in [1.29, 1.82) is 0 Å². The summed E-state index contributed by atoms with van der Waals surface area (Å²) in [6.07, 6.45) is 2.92. The Kier molecular flexibility index (Phi) is 5.21. The Morgan fingerprint density at radius 1 is 1.62 bits per heavy atom. The standard InChI is InChI=1S/C13H23N5O2S/c1-5-20-11(19)13(3,14-10-6-7-10)8-9(2)21-12-15-16-17-18(12)4/h9-10,14H,5-8H2,1-4H3. The van der Waals surface area contributed by atoms with Crippen molar-refractivity contribution < 1.29 is 9.53 Å². The largest absolute Gasteiger partial charge is 0.465 e. The van der Waals surface area contributed by atoms with Gasteiger partial charge in [0.15, 0.2) is 0 Å². The van der Waals surface area contributed by atoms with Gasteiger partial charge < -0.3 is 4.74 Å². The van der Waals surface area contributed by atoms with Gasteiger partial charge in [0.05, 0.1) is 6.61 Å². The predicted octanol–water partition coefficient (Wildman–Crippen LogP) is 1.15. The number of thioether (sulfide) groups is 1.